The number of carbonyl (C=O) groups is 1. The molecule has 21 heavy (non-hydrogen) atoms. The topological polar surface area (TPSA) is 127 Å². The first-order valence-electron chi connectivity index (χ1n) is 5.90. The lowest BCUT2D eigenvalue weighted by Gasteiger charge is -2.08. The van der Waals surface area contributed by atoms with Crippen molar-refractivity contribution in [2.45, 2.75) is 13.5 Å². The van der Waals surface area contributed by atoms with Gasteiger partial charge in [-0.1, -0.05) is 11.6 Å². The van der Waals surface area contributed by atoms with Crippen LogP contribution in [0.1, 0.15) is 21.6 Å². The van der Waals surface area contributed by atoms with Gasteiger partial charge >= 0.3 is 0 Å². The van der Waals surface area contributed by atoms with E-state index in [0.29, 0.717) is 0 Å². The normalized spacial score (nSPS) is 10.4. The molecular formula is C12H12ClN5O3. The van der Waals surface area contributed by atoms with Gasteiger partial charge in [0.25, 0.3) is 11.6 Å². The number of rotatable bonds is 4. The molecule has 0 atom stereocenters. The van der Waals surface area contributed by atoms with Crippen molar-refractivity contribution in [3.05, 3.63) is 50.3 Å². The number of nitrogens with one attached hydrogen (secondary N) is 2. The minimum Gasteiger partial charge on any atom is -0.397 e. The number of hydrogen-bond donors (Lipinski definition) is 3. The van der Waals surface area contributed by atoms with E-state index in [1.807, 2.05) is 6.92 Å². The molecule has 2 rings (SSSR count). The van der Waals surface area contributed by atoms with Crippen LogP contribution in [-0.2, 0) is 6.54 Å². The molecule has 0 radical (unpaired) electrons. The van der Waals surface area contributed by atoms with Crippen molar-refractivity contribution < 1.29 is 9.72 Å². The van der Waals surface area contributed by atoms with E-state index in [0.717, 1.165) is 23.4 Å². The molecule has 0 aliphatic heterocycles. The van der Waals surface area contributed by atoms with Crippen LogP contribution in [0.15, 0.2) is 18.3 Å². The number of nitrogens with two attached hydrogens (primary N) is 1. The molecule has 1 heterocycles. The second-order valence-electron chi connectivity index (χ2n) is 4.35. The molecule has 0 aliphatic rings. The number of H-pyrrole nitrogens is 1. The number of hydrogen-bond acceptors (Lipinski definition) is 5. The van der Waals surface area contributed by atoms with Gasteiger partial charge in [-0.2, -0.15) is 5.10 Å². The van der Waals surface area contributed by atoms with Gasteiger partial charge in [-0.3, -0.25) is 20.0 Å². The number of aromatic nitrogens is 2. The van der Waals surface area contributed by atoms with Gasteiger partial charge in [0.15, 0.2) is 0 Å². The molecule has 1 amide bonds. The van der Waals surface area contributed by atoms with Gasteiger partial charge in [-0.25, -0.2) is 0 Å². The number of nitro groups is 1. The van der Waals surface area contributed by atoms with Crippen molar-refractivity contribution in [1.82, 2.24) is 15.5 Å². The summed E-state index contributed by atoms with van der Waals surface area (Å²) < 4.78 is 0. The van der Waals surface area contributed by atoms with Gasteiger partial charge < -0.3 is 11.1 Å². The number of halogens is 1. The quantitative estimate of drug-likeness (QED) is 0.451. The van der Waals surface area contributed by atoms with Crippen molar-refractivity contribution in [1.29, 1.82) is 0 Å². The maximum Gasteiger partial charge on any atom is 0.271 e. The number of nitrogens with zero attached hydrogens (tertiary/aromatic N) is 2. The first kappa shape index (κ1) is 14.8. The molecule has 0 saturated carbocycles. The molecule has 0 unspecified atom stereocenters. The van der Waals surface area contributed by atoms with E-state index in [2.05, 4.69) is 15.5 Å². The third-order valence-corrected chi connectivity index (χ3v) is 3.26. The highest BCUT2D eigenvalue weighted by atomic mass is 35.5. The highest BCUT2D eigenvalue weighted by molar-refractivity contribution is 6.34. The fraction of sp³-hybridized carbons (Fsp3) is 0.167. The molecule has 0 saturated heterocycles. The first-order chi connectivity index (χ1) is 9.90. The van der Waals surface area contributed by atoms with Crippen LogP contribution in [-0.4, -0.2) is 21.0 Å². The molecule has 2 aromatic rings. The highest BCUT2D eigenvalue weighted by Gasteiger charge is 2.18. The number of anilines is 1. The average Bonchev–Trinajstić information content (AvgIpc) is 2.84. The molecule has 4 N–H and O–H groups in total. The Labute approximate surface area is 124 Å². The summed E-state index contributed by atoms with van der Waals surface area (Å²) >= 11 is 5.81. The third-order valence-electron chi connectivity index (χ3n) is 2.94. The first-order valence-corrected chi connectivity index (χ1v) is 6.28. The summed E-state index contributed by atoms with van der Waals surface area (Å²) in [5.41, 5.74) is 7.00. The summed E-state index contributed by atoms with van der Waals surface area (Å²) in [6, 6.07) is 2.20. The predicted molar refractivity (Wildman–Crippen MR) is 77.0 cm³/mol. The van der Waals surface area contributed by atoms with E-state index in [-0.39, 0.29) is 28.5 Å². The largest absolute Gasteiger partial charge is 0.397 e. The minimum atomic E-state index is -0.637. The van der Waals surface area contributed by atoms with Crippen LogP contribution in [0.3, 0.4) is 0 Å². The van der Waals surface area contributed by atoms with E-state index < -0.39 is 10.8 Å². The summed E-state index contributed by atoms with van der Waals surface area (Å²) in [4.78, 5) is 22.3. The second-order valence-corrected chi connectivity index (χ2v) is 4.76. The zero-order valence-corrected chi connectivity index (χ0v) is 11.8. The zero-order chi connectivity index (χ0) is 15.6. The Kier molecular flexibility index (Phi) is 4.08. The van der Waals surface area contributed by atoms with Gasteiger partial charge in [0.2, 0.25) is 0 Å². The van der Waals surface area contributed by atoms with E-state index in [1.54, 1.807) is 6.20 Å². The van der Waals surface area contributed by atoms with E-state index in [4.69, 9.17) is 17.3 Å². The Hall–Kier alpha value is -2.61. The number of benzene rings is 1. The SMILES string of the molecule is Cc1[nH]ncc1CNC(=O)c1cc([N+](=O)[O-])cc(Cl)c1N. The molecule has 0 aliphatic carbocycles. The average molecular weight is 310 g/mol. The number of carbonyl (C=O) groups excluding carboxylic acids is 1. The molecule has 1 aromatic heterocycles. The van der Waals surface area contributed by atoms with Crippen molar-refractivity contribution >= 4 is 28.9 Å². The van der Waals surface area contributed by atoms with Gasteiger partial charge in [0.1, 0.15) is 0 Å². The number of non-ortho nitro benzene ring substituents is 1. The monoisotopic (exact) mass is 309 g/mol. The second kappa shape index (κ2) is 5.80. The molecule has 0 bridgehead atoms. The Bertz CT molecular complexity index is 713. The Balaban J connectivity index is 2.22. The molecule has 0 spiro atoms. The van der Waals surface area contributed by atoms with E-state index in [9.17, 15) is 14.9 Å². The Morgan fingerprint density at radius 3 is 2.86 bits per heavy atom. The maximum absolute atomic E-state index is 12.1. The van der Waals surface area contributed by atoms with Crippen LogP contribution in [0.25, 0.3) is 0 Å². The van der Waals surface area contributed by atoms with Gasteiger partial charge in [-0.05, 0) is 6.92 Å². The third kappa shape index (κ3) is 3.11. The zero-order valence-electron chi connectivity index (χ0n) is 11.0. The van der Waals surface area contributed by atoms with Gasteiger partial charge in [0, 0.05) is 29.9 Å². The minimum absolute atomic E-state index is 0.00341. The molecular weight excluding hydrogens is 298 g/mol. The van der Waals surface area contributed by atoms with Crippen LogP contribution in [0.5, 0.6) is 0 Å². The Morgan fingerprint density at radius 1 is 1.57 bits per heavy atom. The van der Waals surface area contributed by atoms with Gasteiger partial charge in [-0.15, -0.1) is 0 Å². The van der Waals surface area contributed by atoms with Crippen molar-refractivity contribution in [2.75, 3.05) is 5.73 Å². The number of aryl methyl sites for hydroxylation is 1. The van der Waals surface area contributed by atoms with E-state index >= 15 is 0 Å². The lowest BCUT2D eigenvalue weighted by Crippen LogP contribution is -2.24. The van der Waals surface area contributed by atoms with Crippen LogP contribution in [0, 0.1) is 17.0 Å². The summed E-state index contributed by atoms with van der Waals surface area (Å²) in [5.74, 6) is -0.543. The van der Waals surface area contributed by atoms with Crippen molar-refractivity contribution in [3.8, 4) is 0 Å². The fourth-order valence-electron chi connectivity index (χ4n) is 1.72. The molecule has 9 heteroatoms. The Morgan fingerprint density at radius 2 is 2.29 bits per heavy atom. The molecule has 0 fully saturated rings. The summed E-state index contributed by atoms with van der Waals surface area (Å²) in [5, 5.41) is 19.9. The van der Waals surface area contributed by atoms with Crippen molar-refractivity contribution in [2.24, 2.45) is 0 Å². The number of nitrogen functional groups attached to an aromatic ring is 1. The van der Waals surface area contributed by atoms with Crippen LogP contribution in [0.4, 0.5) is 11.4 Å². The summed E-state index contributed by atoms with van der Waals surface area (Å²) in [7, 11) is 0. The maximum atomic E-state index is 12.1. The number of nitro benzene ring substituents is 1. The predicted octanol–water partition coefficient (Wildman–Crippen LogP) is 1.79. The fourth-order valence-corrected chi connectivity index (χ4v) is 1.93. The van der Waals surface area contributed by atoms with E-state index in [1.165, 1.54) is 0 Å². The van der Waals surface area contributed by atoms with Crippen LogP contribution in [0.2, 0.25) is 5.02 Å². The molecule has 110 valence electrons. The lowest BCUT2D eigenvalue weighted by molar-refractivity contribution is -0.384. The summed E-state index contributed by atoms with van der Waals surface area (Å²) in [6.45, 7) is 2.04. The summed E-state index contributed by atoms with van der Waals surface area (Å²) in [6.07, 6.45) is 1.58. The van der Waals surface area contributed by atoms with Crippen LogP contribution >= 0.6 is 11.6 Å². The highest BCUT2D eigenvalue weighted by Crippen LogP contribution is 2.28. The molecule has 8 nitrogen and oxygen atoms in total. The lowest BCUT2D eigenvalue weighted by atomic mass is 10.1. The van der Waals surface area contributed by atoms with Gasteiger partial charge in [0.05, 0.1) is 27.4 Å². The van der Waals surface area contributed by atoms with Crippen molar-refractivity contribution in [3.63, 3.8) is 0 Å². The molecule has 1 aromatic carbocycles. The number of aromatic amines is 1. The number of amides is 1. The van der Waals surface area contributed by atoms with Crippen LogP contribution < -0.4 is 11.1 Å². The smallest absolute Gasteiger partial charge is 0.271 e. The standard InChI is InChI=1S/C12H12ClN5O3/c1-6-7(5-16-17-6)4-15-12(19)9-2-8(18(20)21)3-10(13)11(9)14/h2-3,5H,4,14H2,1H3,(H,15,19)(H,16,17).